The Morgan fingerprint density at radius 2 is 2.00 bits per heavy atom. The zero-order valence-electron chi connectivity index (χ0n) is 12.1. The second-order valence-electron chi connectivity index (χ2n) is 7.42. The third-order valence-corrected chi connectivity index (χ3v) is 6.55. The van der Waals surface area contributed by atoms with Crippen LogP contribution in [-0.4, -0.2) is 45.8 Å². The molecule has 5 unspecified atom stereocenters. The van der Waals surface area contributed by atoms with E-state index < -0.39 is 11.1 Å². The fourth-order valence-electron chi connectivity index (χ4n) is 5.76. The van der Waals surface area contributed by atoms with Gasteiger partial charge in [0.05, 0.1) is 5.54 Å². The summed E-state index contributed by atoms with van der Waals surface area (Å²) in [6.45, 7) is 3.89. The molecule has 6 rings (SSSR count). The average molecular weight is 277 g/mol. The van der Waals surface area contributed by atoms with Gasteiger partial charge in [-0.05, 0) is 57.0 Å². The number of carbonyl (C=O) groups is 2. The lowest BCUT2D eigenvalue weighted by atomic mass is 9.46. The normalized spacial score (nSPS) is 51.8. The minimum atomic E-state index is -1.13. The number of fused-ring (bicyclic) bond motifs is 3. The number of hydrogen-bond acceptors (Lipinski definition) is 4. The second-order valence-corrected chi connectivity index (χ2v) is 7.42. The van der Waals surface area contributed by atoms with E-state index in [1.165, 1.54) is 0 Å². The fraction of sp³-hybridized carbons (Fsp3) is 0.875. The van der Waals surface area contributed by atoms with E-state index in [9.17, 15) is 14.7 Å². The maximum Gasteiger partial charge on any atom is 0.170 e. The summed E-state index contributed by atoms with van der Waals surface area (Å²) in [6, 6.07) is 0. The molecule has 0 amide bonds. The number of carbonyl (C=O) groups excluding carboxylic acids is 2. The van der Waals surface area contributed by atoms with Crippen LogP contribution in [-0.2, 0) is 9.59 Å². The van der Waals surface area contributed by atoms with Gasteiger partial charge in [0.1, 0.15) is 5.60 Å². The maximum absolute atomic E-state index is 12.9. The Balaban J connectivity index is 1.90. The number of hydrogen-bond donors (Lipinski definition) is 1. The van der Waals surface area contributed by atoms with Crippen LogP contribution in [0, 0.1) is 17.8 Å². The van der Waals surface area contributed by atoms with Gasteiger partial charge in [-0.25, -0.2) is 0 Å². The molecule has 20 heavy (non-hydrogen) atoms. The molecule has 110 valence electrons. The van der Waals surface area contributed by atoms with Crippen LogP contribution < -0.4 is 0 Å². The Hall–Kier alpha value is -0.740. The van der Waals surface area contributed by atoms with Gasteiger partial charge < -0.3 is 5.11 Å². The van der Waals surface area contributed by atoms with Gasteiger partial charge in [0.15, 0.2) is 11.6 Å². The molecule has 0 aromatic heterocycles. The van der Waals surface area contributed by atoms with E-state index in [2.05, 4.69) is 11.8 Å². The van der Waals surface area contributed by atoms with Crippen molar-refractivity contribution in [1.29, 1.82) is 0 Å². The van der Waals surface area contributed by atoms with Crippen molar-refractivity contribution >= 4 is 11.6 Å². The van der Waals surface area contributed by atoms with Crippen molar-refractivity contribution in [2.24, 2.45) is 17.8 Å². The first-order valence-electron chi connectivity index (χ1n) is 8.05. The van der Waals surface area contributed by atoms with Gasteiger partial charge in [-0.3, -0.25) is 14.5 Å². The third kappa shape index (κ3) is 1.30. The molecule has 3 aliphatic carbocycles. The zero-order chi connectivity index (χ0) is 14.1. The first kappa shape index (κ1) is 13.0. The molecule has 3 aliphatic heterocycles. The van der Waals surface area contributed by atoms with Crippen molar-refractivity contribution in [2.75, 3.05) is 13.1 Å². The van der Waals surface area contributed by atoms with Gasteiger partial charge in [0.2, 0.25) is 0 Å². The largest absolute Gasteiger partial charge is 0.382 e. The molecule has 4 bridgehead atoms. The predicted octanol–water partition coefficient (Wildman–Crippen LogP) is 1.16. The molecule has 4 heteroatoms. The zero-order valence-corrected chi connectivity index (χ0v) is 12.1. The van der Waals surface area contributed by atoms with Crippen LogP contribution in [0.5, 0.6) is 0 Å². The molecule has 0 aromatic rings. The number of nitrogens with zero attached hydrogens (tertiary/aromatic N) is 1. The Morgan fingerprint density at radius 1 is 1.25 bits per heavy atom. The molecular weight excluding hydrogens is 254 g/mol. The highest BCUT2D eigenvalue weighted by Crippen LogP contribution is 2.58. The first-order chi connectivity index (χ1) is 9.50. The van der Waals surface area contributed by atoms with E-state index in [4.69, 9.17) is 0 Å². The molecule has 6 aliphatic rings. The molecule has 1 spiro atoms. The summed E-state index contributed by atoms with van der Waals surface area (Å²) in [5.74, 6) is 0.185. The fourth-order valence-corrected chi connectivity index (χ4v) is 5.76. The first-order valence-corrected chi connectivity index (χ1v) is 8.05. The Labute approximate surface area is 119 Å². The van der Waals surface area contributed by atoms with E-state index in [1.807, 2.05) is 0 Å². The number of Topliss-reactive ketones (excluding diaryl/α,β-unsaturated/α-hetero) is 2. The van der Waals surface area contributed by atoms with Gasteiger partial charge in [0, 0.05) is 12.3 Å². The summed E-state index contributed by atoms with van der Waals surface area (Å²) >= 11 is 0. The molecule has 1 N–H and O–H groups in total. The number of piperidine rings is 1. The lowest BCUT2D eigenvalue weighted by molar-refractivity contribution is -0.204. The SMILES string of the molecule is CC1CC2CC34C(=O)CCCN3CCCC2(O)C(=O)C14. The Morgan fingerprint density at radius 3 is 2.75 bits per heavy atom. The second kappa shape index (κ2) is 3.92. The summed E-state index contributed by atoms with van der Waals surface area (Å²) in [5.41, 5.74) is -1.70. The summed E-state index contributed by atoms with van der Waals surface area (Å²) in [4.78, 5) is 28.0. The van der Waals surface area contributed by atoms with Crippen LogP contribution in [0.1, 0.15) is 45.4 Å². The van der Waals surface area contributed by atoms with E-state index in [0.717, 1.165) is 32.4 Å². The monoisotopic (exact) mass is 277 g/mol. The van der Waals surface area contributed by atoms with Crippen molar-refractivity contribution in [3.05, 3.63) is 0 Å². The molecule has 0 aromatic carbocycles. The van der Waals surface area contributed by atoms with Gasteiger partial charge in [0.25, 0.3) is 0 Å². The van der Waals surface area contributed by atoms with Gasteiger partial charge in [-0.15, -0.1) is 0 Å². The lowest BCUT2D eigenvalue weighted by Gasteiger charge is -2.64. The summed E-state index contributed by atoms with van der Waals surface area (Å²) in [7, 11) is 0. The average Bonchev–Trinajstić information content (AvgIpc) is 2.39. The van der Waals surface area contributed by atoms with Crippen LogP contribution in [0.2, 0.25) is 0 Å². The van der Waals surface area contributed by atoms with E-state index >= 15 is 0 Å². The third-order valence-electron chi connectivity index (χ3n) is 6.55. The highest BCUT2D eigenvalue weighted by molar-refractivity contribution is 6.02. The molecule has 4 nitrogen and oxygen atoms in total. The smallest absolute Gasteiger partial charge is 0.170 e. The summed E-state index contributed by atoms with van der Waals surface area (Å²) in [6.07, 6.45) is 4.55. The molecule has 3 heterocycles. The van der Waals surface area contributed by atoms with Gasteiger partial charge in [-0.2, -0.15) is 0 Å². The van der Waals surface area contributed by atoms with Crippen molar-refractivity contribution in [3.63, 3.8) is 0 Å². The standard InChI is InChI=1S/C16H23NO3/c1-10-8-11-9-15-12(18)4-2-6-17(15)7-3-5-16(11,20)14(19)13(10)15/h10-11,13,20H,2-9H2,1H3. The van der Waals surface area contributed by atoms with E-state index in [-0.39, 0.29) is 29.3 Å². The Bertz CT molecular complexity index is 490. The minimum Gasteiger partial charge on any atom is -0.382 e. The van der Waals surface area contributed by atoms with Gasteiger partial charge >= 0.3 is 0 Å². The molecule has 3 saturated carbocycles. The molecule has 6 fully saturated rings. The number of aliphatic hydroxyl groups is 1. The molecular formula is C16H23NO3. The van der Waals surface area contributed by atoms with Crippen molar-refractivity contribution in [1.82, 2.24) is 4.90 Å². The summed E-state index contributed by atoms with van der Waals surface area (Å²) in [5, 5.41) is 10.9. The van der Waals surface area contributed by atoms with Crippen molar-refractivity contribution < 1.29 is 14.7 Å². The number of rotatable bonds is 0. The molecule has 5 atom stereocenters. The quantitative estimate of drug-likeness (QED) is 0.722. The van der Waals surface area contributed by atoms with Crippen LogP contribution in [0.15, 0.2) is 0 Å². The lowest BCUT2D eigenvalue weighted by Crippen LogP contribution is -2.77. The molecule has 3 saturated heterocycles. The Kier molecular flexibility index (Phi) is 2.54. The van der Waals surface area contributed by atoms with Crippen LogP contribution in [0.25, 0.3) is 0 Å². The predicted molar refractivity (Wildman–Crippen MR) is 73.1 cm³/mol. The van der Waals surface area contributed by atoms with Crippen LogP contribution >= 0.6 is 0 Å². The van der Waals surface area contributed by atoms with Crippen molar-refractivity contribution in [3.8, 4) is 0 Å². The van der Waals surface area contributed by atoms with E-state index in [1.54, 1.807) is 0 Å². The summed E-state index contributed by atoms with van der Waals surface area (Å²) < 4.78 is 0. The van der Waals surface area contributed by atoms with Crippen LogP contribution in [0.4, 0.5) is 0 Å². The van der Waals surface area contributed by atoms with Crippen LogP contribution in [0.3, 0.4) is 0 Å². The number of ketones is 2. The highest BCUT2D eigenvalue weighted by atomic mass is 16.3. The van der Waals surface area contributed by atoms with Gasteiger partial charge in [-0.1, -0.05) is 6.92 Å². The van der Waals surface area contributed by atoms with E-state index in [0.29, 0.717) is 19.3 Å². The maximum atomic E-state index is 12.9. The molecule has 0 radical (unpaired) electrons. The van der Waals surface area contributed by atoms with Crippen molar-refractivity contribution in [2.45, 2.75) is 56.6 Å². The topological polar surface area (TPSA) is 57.6 Å². The minimum absolute atomic E-state index is 0.0140. The highest BCUT2D eigenvalue weighted by Gasteiger charge is 2.69.